The van der Waals surface area contributed by atoms with Gasteiger partial charge in [0, 0.05) is 37.3 Å². The van der Waals surface area contributed by atoms with E-state index in [9.17, 15) is 4.79 Å². The summed E-state index contributed by atoms with van der Waals surface area (Å²) >= 11 is 1.47. The summed E-state index contributed by atoms with van der Waals surface area (Å²) in [7, 11) is 0. The molecule has 2 aromatic rings. The standard InChI is InChI=1S/C12H17N5OS.2ClH/c1-9-14-4-6-17(9)7-5-15-12(18)10-8-19-11(16-10)2-3-13;;/h4,6,8H,2-3,5,7,13H2,1H3,(H,15,18);2*1H. The Hall–Kier alpha value is -1.15. The number of halogens is 2. The van der Waals surface area contributed by atoms with Gasteiger partial charge in [0.2, 0.25) is 0 Å². The Bertz CT molecular complexity index is 557. The van der Waals surface area contributed by atoms with E-state index in [1.807, 2.05) is 17.7 Å². The number of nitrogens with one attached hydrogen (secondary N) is 1. The Morgan fingerprint density at radius 1 is 1.48 bits per heavy atom. The second-order valence-corrected chi connectivity index (χ2v) is 5.03. The van der Waals surface area contributed by atoms with E-state index < -0.39 is 0 Å². The SMILES string of the molecule is Cc1nccn1CCNC(=O)c1csc(CCN)n1.Cl.Cl. The van der Waals surface area contributed by atoms with Gasteiger partial charge in [-0.2, -0.15) is 0 Å². The summed E-state index contributed by atoms with van der Waals surface area (Å²) in [5, 5.41) is 5.51. The smallest absolute Gasteiger partial charge is 0.270 e. The predicted molar refractivity (Wildman–Crippen MR) is 88.7 cm³/mol. The molecule has 1 amide bonds. The summed E-state index contributed by atoms with van der Waals surface area (Å²) in [5.41, 5.74) is 5.92. The first kappa shape index (κ1) is 19.9. The number of carbonyl (C=O) groups is 1. The molecule has 118 valence electrons. The normalized spacial score (nSPS) is 9.62. The second kappa shape index (κ2) is 9.73. The van der Waals surface area contributed by atoms with Crippen molar-refractivity contribution in [3.05, 3.63) is 34.3 Å². The number of hydrogen-bond donors (Lipinski definition) is 2. The van der Waals surface area contributed by atoms with Gasteiger partial charge in [0.15, 0.2) is 0 Å². The van der Waals surface area contributed by atoms with Crippen LogP contribution < -0.4 is 11.1 Å². The van der Waals surface area contributed by atoms with E-state index in [0.717, 1.165) is 10.8 Å². The first-order valence-corrected chi connectivity index (χ1v) is 6.99. The molecule has 0 aliphatic heterocycles. The average Bonchev–Trinajstić information content (AvgIpc) is 3.00. The van der Waals surface area contributed by atoms with Crippen molar-refractivity contribution in [2.24, 2.45) is 5.73 Å². The second-order valence-electron chi connectivity index (χ2n) is 4.09. The number of aromatic nitrogens is 3. The lowest BCUT2D eigenvalue weighted by Gasteiger charge is -2.05. The van der Waals surface area contributed by atoms with Crippen LogP contribution in [0.15, 0.2) is 17.8 Å². The highest BCUT2D eigenvalue weighted by molar-refractivity contribution is 7.09. The molecule has 0 spiro atoms. The van der Waals surface area contributed by atoms with Crippen molar-refractivity contribution in [2.75, 3.05) is 13.1 Å². The zero-order chi connectivity index (χ0) is 13.7. The number of thiazole rings is 1. The number of amides is 1. The van der Waals surface area contributed by atoms with Gasteiger partial charge in [-0.1, -0.05) is 0 Å². The van der Waals surface area contributed by atoms with Crippen molar-refractivity contribution < 1.29 is 4.79 Å². The van der Waals surface area contributed by atoms with Gasteiger partial charge >= 0.3 is 0 Å². The Balaban J connectivity index is 0.00000200. The van der Waals surface area contributed by atoms with Crippen LogP contribution in [0.3, 0.4) is 0 Å². The number of nitrogens with zero attached hydrogens (tertiary/aromatic N) is 3. The lowest BCUT2D eigenvalue weighted by atomic mass is 10.4. The molecular formula is C12H19Cl2N5OS. The summed E-state index contributed by atoms with van der Waals surface area (Å²) < 4.78 is 1.99. The third-order valence-electron chi connectivity index (χ3n) is 2.70. The topological polar surface area (TPSA) is 85.8 Å². The van der Waals surface area contributed by atoms with E-state index in [0.29, 0.717) is 31.7 Å². The van der Waals surface area contributed by atoms with Crippen LogP contribution in [0.1, 0.15) is 21.3 Å². The Labute approximate surface area is 140 Å². The van der Waals surface area contributed by atoms with Gasteiger partial charge in [0.1, 0.15) is 11.5 Å². The summed E-state index contributed by atoms with van der Waals surface area (Å²) in [4.78, 5) is 20.2. The van der Waals surface area contributed by atoms with Gasteiger partial charge in [-0.3, -0.25) is 4.79 Å². The molecular weight excluding hydrogens is 333 g/mol. The third kappa shape index (κ3) is 5.62. The Morgan fingerprint density at radius 2 is 2.24 bits per heavy atom. The van der Waals surface area contributed by atoms with Crippen LogP contribution in [0.5, 0.6) is 0 Å². The molecule has 0 saturated heterocycles. The summed E-state index contributed by atoms with van der Waals surface area (Å²) in [6, 6.07) is 0. The first-order chi connectivity index (χ1) is 9.20. The molecule has 0 fully saturated rings. The van der Waals surface area contributed by atoms with Crippen LogP contribution in [0.25, 0.3) is 0 Å². The fraction of sp³-hybridized carbons (Fsp3) is 0.417. The van der Waals surface area contributed by atoms with E-state index in [-0.39, 0.29) is 30.7 Å². The van der Waals surface area contributed by atoms with Crippen LogP contribution in [0.2, 0.25) is 0 Å². The number of imidazole rings is 1. The lowest BCUT2D eigenvalue weighted by Crippen LogP contribution is -2.27. The molecule has 9 heteroatoms. The van der Waals surface area contributed by atoms with Gasteiger partial charge in [-0.25, -0.2) is 9.97 Å². The summed E-state index contributed by atoms with van der Waals surface area (Å²) in [6.45, 7) is 3.74. The van der Waals surface area contributed by atoms with Crippen molar-refractivity contribution in [3.63, 3.8) is 0 Å². The third-order valence-corrected chi connectivity index (χ3v) is 3.61. The zero-order valence-corrected chi connectivity index (χ0v) is 14.1. The highest BCUT2D eigenvalue weighted by Gasteiger charge is 2.09. The monoisotopic (exact) mass is 351 g/mol. The van der Waals surface area contributed by atoms with Crippen molar-refractivity contribution in [1.82, 2.24) is 19.9 Å². The molecule has 2 heterocycles. The van der Waals surface area contributed by atoms with Gasteiger partial charge < -0.3 is 15.6 Å². The zero-order valence-electron chi connectivity index (χ0n) is 11.6. The fourth-order valence-electron chi connectivity index (χ4n) is 1.67. The summed E-state index contributed by atoms with van der Waals surface area (Å²) in [5.74, 6) is 0.797. The summed E-state index contributed by atoms with van der Waals surface area (Å²) in [6.07, 6.45) is 4.35. The maximum atomic E-state index is 11.9. The van der Waals surface area contributed by atoms with Crippen LogP contribution >= 0.6 is 36.2 Å². The van der Waals surface area contributed by atoms with Gasteiger partial charge in [0.25, 0.3) is 5.91 Å². The minimum Gasteiger partial charge on any atom is -0.349 e. The molecule has 0 bridgehead atoms. The van der Waals surface area contributed by atoms with E-state index in [1.54, 1.807) is 11.6 Å². The fourth-order valence-corrected chi connectivity index (χ4v) is 2.47. The van der Waals surface area contributed by atoms with Crippen molar-refractivity contribution >= 4 is 42.1 Å². The lowest BCUT2D eigenvalue weighted by molar-refractivity contribution is 0.0947. The molecule has 2 aromatic heterocycles. The number of nitrogens with two attached hydrogens (primary N) is 1. The van der Waals surface area contributed by atoms with E-state index in [4.69, 9.17) is 5.73 Å². The Kier molecular flexibility index (Phi) is 9.19. The van der Waals surface area contributed by atoms with Crippen molar-refractivity contribution in [3.8, 4) is 0 Å². The van der Waals surface area contributed by atoms with E-state index in [1.165, 1.54) is 11.3 Å². The van der Waals surface area contributed by atoms with Gasteiger partial charge in [-0.05, 0) is 13.5 Å². The molecule has 0 aliphatic carbocycles. The van der Waals surface area contributed by atoms with Crippen LogP contribution in [0, 0.1) is 6.92 Å². The van der Waals surface area contributed by atoms with E-state index >= 15 is 0 Å². The van der Waals surface area contributed by atoms with Crippen LogP contribution in [-0.4, -0.2) is 33.5 Å². The number of rotatable bonds is 6. The quantitative estimate of drug-likeness (QED) is 0.823. The Morgan fingerprint density at radius 3 is 2.86 bits per heavy atom. The molecule has 0 saturated carbocycles. The molecule has 0 aliphatic rings. The maximum Gasteiger partial charge on any atom is 0.270 e. The van der Waals surface area contributed by atoms with Crippen molar-refractivity contribution in [1.29, 1.82) is 0 Å². The van der Waals surface area contributed by atoms with Gasteiger partial charge in [-0.15, -0.1) is 36.2 Å². The molecule has 3 N–H and O–H groups in total. The number of hydrogen-bond acceptors (Lipinski definition) is 5. The molecule has 0 atom stereocenters. The average molecular weight is 352 g/mol. The predicted octanol–water partition coefficient (Wildman–Crippen LogP) is 1.42. The number of aryl methyl sites for hydroxylation is 1. The molecule has 0 radical (unpaired) electrons. The minimum atomic E-state index is -0.141. The van der Waals surface area contributed by atoms with Crippen molar-refractivity contribution in [2.45, 2.75) is 19.9 Å². The minimum absolute atomic E-state index is 0. The molecule has 0 aromatic carbocycles. The largest absolute Gasteiger partial charge is 0.349 e. The van der Waals surface area contributed by atoms with Gasteiger partial charge in [0.05, 0.1) is 5.01 Å². The van der Waals surface area contributed by atoms with E-state index in [2.05, 4.69) is 15.3 Å². The highest BCUT2D eigenvalue weighted by atomic mass is 35.5. The number of carbonyl (C=O) groups excluding carboxylic acids is 1. The maximum absolute atomic E-state index is 11.9. The highest BCUT2D eigenvalue weighted by Crippen LogP contribution is 2.09. The van der Waals surface area contributed by atoms with Crippen LogP contribution in [0.4, 0.5) is 0 Å². The first-order valence-electron chi connectivity index (χ1n) is 6.11. The van der Waals surface area contributed by atoms with Crippen LogP contribution in [-0.2, 0) is 13.0 Å². The molecule has 6 nitrogen and oxygen atoms in total. The molecule has 0 unspecified atom stereocenters. The molecule has 2 rings (SSSR count). The molecule has 21 heavy (non-hydrogen) atoms.